The van der Waals surface area contributed by atoms with Gasteiger partial charge in [-0.1, -0.05) is 42.4 Å². The number of nitrogens with one attached hydrogen (secondary N) is 1. The molecule has 1 aromatic carbocycles. The van der Waals surface area contributed by atoms with Gasteiger partial charge >= 0.3 is 6.01 Å². The number of benzene rings is 1. The monoisotopic (exact) mass is 265 g/mol. The first-order valence-electron chi connectivity index (χ1n) is 5.96. The topological polar surface area (TPSA) is 51.0 Å². The molecule has 0 aliphatic rings. The van der Waals surface area contributed by atoms with Crippen LogP contribution in [0.5, 0.6) is 0 Å². The van der Waals surface area contributed by atoms with Crippen LogP contribution in [0, 0.1) is 0 Å². The molecule has 0 radical (unpaired) electrons. The van der Waals surface area contributed by atoms with Gasteiger partial charge in [-0.25, -0.2) is 0 Å². The normalized spacial score (nSPS) is 12.3. The lowest BCUT2D eigenvalue weighted by Crippen LogP contribution is -2.09. The van der Waals surface area contributed by atoms with Crippen molar-refractivity contribution in [2.45, 2.75) is 19.3 Å². The van der Waals surface area contributed by atoms with E-state index in [4.69, 9.17) is 16.0 Å². The van der Waals surface area contributed by atoms with E-state index in [1.54, 1.807) is 0 Å². The maximum Gasteiger partial charge on any atom is 0.315 e. The van der Waals surface area contributed by atoms with Crippen molar-refractivity contribution >= 4 is 17.6 Å². The first-order chi connectivity index (χ1) is 8.79. The van der Waals surface area contributed by atoms with Gasteiger partial charge in [-0.05, 0) is 11.5 Å². The fraction of sp³-hybridized carbons (Fsp3) is 0.385. The molecule has 1 atom stereocenters. The average Bonchev–Trinajstić information content (AvgIpc) is 2.85. The molecule has 18 heavy (non-hydrogen) atoms. The van der Waals surface area contributed by atoms with Crippen LogP contribution in [-0.4, -0.2) is 22.6 Å². The maximum absolute atomic E-state index is 5.60. The van der Waals surface area contributed by atoms with Crippen molar-refractivity contribution in [3.63, 3.8) is 0 Å². The molecule has 1 unspecified atom stereocenters. The van der Waals surface area contributed by atoms with Crippen LogP contribution >= 0.6 is 11.6 Å². The van der Waals surface area contributed by atoms with E-state index in [9.17, 15) is 0 Å². The van der Waals surface area contributed by atoms with Crippen molar-refractivity contribution in [2.75, 3.05) is 17.7 Å². The highest BCUT2D eigenvalue weighted by atomic mass is 35.5. The number of anilines is 1. The molecule has 0 fully saturated rings. The summed E-state index contributed by atoms with van der Waals surface area (Å²) >= 11 is 5.60. The predicted molar refractivity (Wildman–Crippen MR) is 72.1 cm³/mol. The van der Waals surface area contributed by atoms with Crippen LogP contribution in [0.3, 0.4) is 0 Å². The van der Waals surface area contributed by atoms with E-state index in [0.717, 1.165) is 6.54 Å². The number of alkyl halides is 1. The SMILES string of the molecule is CC(CNc1nnc(CCCl)o1)c1ccccc1. The highest BCUT2D eigenvalue weighted by Crippen LogP contribution is 2.15. The minimum Gasteiger partial charge on any atom is -0.408 e. The molecule has 5 heteroatoms. The Morgan fingerprint density at radius 1 is 1.28 bits per heavy atom. The van der Waals surface area contributed by atoms with Gasteiger partial charge in [0.05, 0.1) is 0 Å². The summed E-state index contributed by atoms with van der Waals surface area (Å²) in [6.07, 6.45) is 0.602. The molecular formula is C13H16ClN3O. The van der Waals surface area contributed by atoms with Crippen molar-refractivity contribution in [2.24, 2.45) is 0 Å². The largest absolute Gasteiger partial charge is 0.408 e. The van der Waals surface area contributed by atoms with Crippen molar-refractivity contribution in [3.05, 3.63) is 41.8 Å². The van der Waals surface area contributed by atoms with E-state index in [1.165, 1.54) is 5.56 Å². The lowest BCUT2D eigenvalue weighted by atomic mass is 10.0. The zero-order chi connectivity index (χ0) is 12.8. The molecule has 0 aliphatic carbocycles. The highest BCUT2D eigenvalue weighted by molar-refractivity contribution is 6.17. The lowest BCUT2D eigenvalue weighted by Gasteiger charge is -2.11. The van der Waals surface area contributed by atoms with Crippen LogP contribution in [0.15, 0.2) is 34.7 Å². The van der Waals surface area contributed by atoms with Gasteiger partial charge < -0.3 is 9.73 Å². The molecule has 0 aliphatic heterocycles. The Hall–Kier alpha value is -1.55. The van der Waals surface area contributed by atoms with Crippen molar-refractivity contribution in [1.29, 1.82) is 0 Å². The number of aryl methyl sites for hydroxylation is 1. The third-order valence-electron chi connectivity index (χ3n) is 2.70. The van der Waals surface area contributed by atoms with Crippen LogP contribution in [0.1, 0.15) is 24.3 Å². The molecule has 1 N–H and O–H groups in total. The zero-order valence-electron chi connectivity index (χ0n) is 10.3. The van der Waals surface area contributed by atoms with Crippen LogP contribution in [0.2, 0.25) is 0 Å². The minimum absolute atomic E-state index is 0.384. The van der Waals surface area contributed by atoms with E-state index in [1.807, 2.05) is 18.2 Å². The summed E-state index contributed by atoms with van der Waals surface area (Å²) in [4.78, 5) is 0. The van der Waals surface area contributed by atoms with E-state index in [0.29, 0.717) is 30.1 Å². The maximum atomic E-state index is 5.60. The van der Waals surface area contributed by atoms with Gasteiger partial charge in [0.1, 0.15) is 0 Å². The molecule has 1 heterocycles. The molecule has 1 aromatic heterocycles. The number of hydrogen-bond donors (Lipinski definition) is 1. The fourth-order valence-electron chi connectivity index (χ4n) is 1.65. The smallest absolute Gasteiger partial charge is 0.315 e. The number of hydrogen-bond acceptors (Lipinski definition) is 4. The summed E-state index contributed by atoms with van der Waals surface area (Å²) in [5.74, 6) is 1.44. The molecule has 2 aromatic rings. The van der Waals surface area contributed by atoms with Gasteiger partial charge in [0.25, 0.3) is 0 Å². The molecule has 0 spiro atoms. The molecule has 0 saturated carbocycles. The van der Waals surface area contributed by atoms with E-state index < -0.39 is 0 Å². The van der Waals surface area contributed by atoms with Crippen molar-refractivity contribution in [1.82, 2.24) is 10.2 Å². The lowest BCUT2D eigenvalue weighted by molar-refractivity contribution is 0.510. The summed E-state index contributed by atoms with van der Waals surface area (Å²) in [5, 5.41) is 10.9. The first kappa shape index (κ1) is 12.9. The van der Waals surface area contributed by atoms with Crippen LogP contribution < -0.4 is 5.32 Å². The highest BCUT2D eigenvalue weighted by Gasteiger charge is 2.08. The Morgan fingerprint density at radius 2 is 2.06 bits per heavy atom. The summed E-state index contributed by atoms with van der Waals surface area (Å²) in [5.41, 5.74) is 1.28. The zero-order valence-corrected chi connectivity index (χ0v) is 11.0. The van der Waals surface area contributed by atoms with Gasteiger partial charge in [0.2, 0.25) is 5.89 Å². The quantitative estimate of drug-likeness (QED) is 0.816. The van der Waals surface area contributed by atoms with Crippen LogP contribution in [-0.2, 0) is 6.42 Å². The molecule has 0 saturated heterocycles. The van der Waals surface area contributed by atoms with Crippen LogP contribution in [0.4, 0.5) is 6.01 Å². The fourth-order valence-corrected chi connectivity index (χ4v) is 1.81. The summed E-state index contributed by atoms with van der Waals surface area (Å²) in [7, 11) is 0. The molecule has 4 nitrogen and oxygen atoms in total. The second-order valence-electron chi connectivity index (χ2n) is 4.13. The molecule has 0 amide bonds. The number of halogens is 1. The summed E-state index contributed by atoms with van der Waals surface area (Å²) in [6, 6.07) is 10.8. The Labute approximate surface area is 111 Å². The Morgan fingerprint density at radius 3 is 2.78 bits per heavy atom. The number of rotatable bonds is 6. The third-order valence-corrected chi connectivity index (χ3v) is 2.89. The second kappa shape index (κ2) is 6.40. The number of nitrogens with zero attached hydrogens (tertiary/aromatic N) is 2. The Bertz CT molecular complexity index is 472. The second-order valence-corrected chi connectivity index (χ2v) is 4.51. The first-order valence-corrected chi connectivity index (χ1v) is 6.50. The summed E-state index contributed by atoms with van der Waals surface area (Å²) < 4.78 is 5.39. The van der Waals surface area contributed by atoms with Gasteiger partial charge in [0, 0.05) is 18.8 Å². The standard InChI is InChI=1S/C13H16ClN3O/c1-10(11-5-3-2-4-6-11)9-15-13-17-16-12(18-13)7-8-14/h2-6,10H,7-9H2,1H3,(H,15,17). The van der Waals surface area contributed by atoms with E-state index >= 15 is 0 Å². The Kier molecular flexibility index (Phi) is 4.59. The molecular weight excluding hydrogens is 250 g/mol. The predicted octanol–water partition coefficient (Wildman–Crippen LogP) is 3.07. The van der Waals surface area contributed by atoms with Crippen molar-refractivity contribution in [3.8, 4) is 0 Å². The van der Waals surface area contributed by atoms with E-state index in [2.05, 4.69) is 34.6 Å². The molecule has 96 valence electrons. The summed E-state index contributed by atoms with van der Waals surface area (Å²) in [6.45, 7) is 2.91. The average molecular weight is 266 g/mol. The molecule has 2 rings (SSSR count). The van der Waals surface area contributed by atoms with Crippen LogP contribution in [0.25, 0.3) is 0 Å². The molecule has 0 bridgehead atoms. The van der Waals surface area contributed by atoms with Gasteiger partial charge in [-0.15, -0.1) is 16.7 Å². The Balaban J connectivity index is 1.87. The van der Waals surface area contributed by atoms with Gasteiger partial charge in [0.15, 0.2) is 0 Å². The minimum atomic E-state index is 0.384. The third kappa shape index (κ3) is 3.47. The van der Waals surface area contributed by atoms with Gasteiger partial charge in [-0.3, -0.25) is 0 Å². The van der Waals surface area contributed by atoms with E-state index in [-0.39, 0.29) is 0 Å². The number of aromatic nitrogens is 2. The van der Waals surface area contributed by atoms with Crippen molar-refractivity contribution < 1.29 is 4.42 Å². The van der Waals surface area contributed by atoms with Gasteiger partial charge in [-0.2, -0.15) is 0 Å².